The van der Waals surface area contributed by atoms with Gasteiger partial charge in [-0.25, -0.2) is 0 Å². The average molecular weight is 233 g/mol. The summed E-state index contributed by atoms with van der Waals surface area (Å²) >= 11 is 0. The maximum Gasteiger partial charge on any atom is 0.488 e. The topological polar surface area (TPSA) is 60.8 Å². The Morgan fingerprint density at radius 2 is 2.06 bits per heavy atom. The molecule has 17 heavy (non-hydrogen) atoms. The number of hydrogen-bond acceptors (Lipinski definition) is 3. The number of rotatable bonds is 1. The molecule has 1 aromatic carbocycles. The van der Waals surface area contributed by atoms with Gasteiger partial charge >= 0.3 is 7.12 Å². The fraction of sp³-hybridized carbons (Fsp3) is 0.417. The van der Waals surface area contributed by atoms with Crippen LogP contribution in [0.2, 0.25) is 0 Å². The van der Waals surface area contributed by atoms with Gasteiger partial charge in [-0.05, 0) is 37.4 Å². The first kappa shape index (κ1) is 12.1. The molecule has 0 aromatic heterocycles. The van der Waals surface area contributed by atoms with Crippen molar-refractivity contribution >= 4 is 24.2 Å². The normalized spacial score (nSPS) is 16.9. The van der Waals surface area contributed by atoms with Gasteiger partial charge in [-0.1, -0.05) is 12.1 Å². The molecule has 0 saturated heterocycles. The van der Waals surface area contributed by atoms with Gasteiger partial charge in [0.2, 0.25) is 5.91 Å². The van der Waals surface area contributed by atoms with Gasteiger partial charge in [0.15, 0.2) is 0 Å². The van der Waals surface area contributed by atoms with E-state index >= 15 is 0 Å². The smallest absolute Gasteiger partial charge is 0.423 e. The molecule has 1 heterocycles. The summed E-state index contributed by atoms with van der Waals surface area (Å²) in [5, 5.41) is 18.3. The van der Waals surface area contributed by atoms with Crippen molar-refractivity contribution in [2.75, 3.05) is 4.90 Å². The van der Waals surface area contributed by atoms with E-state index in [4.69, 9.17) is 10.0 Å². The van der Waals surface area contributed by atoms with Crippen LogP contribution in [0.1, 0.15) is 26.3 Å². The molecule has 1 amide bonds. The lowest BCUT2D eigenvalue weighted by Gasteiger charge is -2.31. The van der Waals surface area contributed by atoms with Crippen LogP contribution in [-0.2, 0) is 11.2 Å². The molecule has 0 aliphatic carbocycles. The van der Waals surface area contributed by atoms with E-state index in [0.717, 1.165) is 17.7 Å². The largest absolute Gasteiger partial charge is 0.488 e. The minimum absolute atomic E-state index is 0.00560. The van der Waals surface area contributed by atoms with E-state index in [2.05, 4.69) is 0 Å². The number of nitrogens with zero attached hydrogens (tertiary/aromatic N) is 1. The SMILES string of the molecule is CC(=O)N1c2ccc(B(O)O)cc2CC1(C)C. The summed E-state index contributed by atoms with van der Waals surface area (Å²) in [5.41, 5.74) is 2.06. The molecule has 0 saturated carbocycles. The minimum atomic E-state index is -1.46. The first-order valence-corrected chi connectivity index (χ1v) is 5.63. The van der Waals surface area contributed by atoms with Crippen molar-refractivity contribution in [1.82, 2.24) is 0 Å². The van der Waals surface area contributed by atoms with Crippen molar-refractivity contribution in [2.24, 2.45) is 0 Å². The number of anilines is 1. The van der Waals surface area contributed by atoms with Crippen LogP contribution >= 0.6 is 0 Å². The van der Waals surface area contributed by atoms with E-state index in [0.29, 0.717) is 5.46 Å². The van der Waals surface area contributed by atoms with E-state index in [1.165, 1.54) is 0 Å². The van der Waals surface area contributed by atoms with Crippen molar-refractivity contribution < 1.29 is 14.8 Å². The molecular formula is C12H16BNO3. The van der Waals surface area contributed by atoms with Crippen molar-refractivity contribution in [3.63, 3.8) is 0 Å². The second kappa shape index (κ2) is 3.86. The number of carbonyl (C=O) groups excluding carboxylic acids is 1. The Kier molecular flexibility index (Phi) is 2.75. The lowest BCUT2D eigenvalue weighted by Crippen LogP contribution is -2.44. The second-order valence-electron chi connectivity index (χ2n) is 5.11. The lowest BCUT2D eigenvalue weighted by molar-refractivity contribution is -0.117. The Balaban J connectivity index is 2.49. The molecule has 0 atom stereocenters. The number of carbonyl (C=O) groups is 1. The van der Waals surface area contributed by atoms with Crippen LogP contribution in [0.4, 0.5) is 5.69 Å². The Bertz CT molecular complexity index is 471. The molecule has 1 aliphatic heterocycles. The first-order valence-electron chi connectivity index (χ1n) is 5.63. The van der Waals surface area contributed by atoms with E-state index in [1.54, 1.807) is 30.0 Å². The van der Waals surface area contributed by atoms with Crippen molar-refractivity contribution in [1.29, 1.82) is 0 Å². The van der Waals surface area contributed by atoms with Crippen LogP contribution in [0.15, 0.2) is 18.2 Å². The van der Waals surface area contributed by atoms with Gasteiger partial charge in [0, 0.05) is 18.2 Å². The third-order valence-corrected chi connectivity index (χ3v) is 3.19. The van der Waals surface area contributed by atoms with Crippen molar-refractivity contribution in [3.05, 3.63) is 23.8 Å². The zero-order valence-corrected chi connectivity index (χ0v) is 10.3. The molecule has 0 unspecified atom stereocenters. The molecule has 0 spiro atoms. The molecule has 1 aliphatic rings. The molecule has 4 nitrogen and oxygen atoms in total. The maximum absolute atomic E-state index is 11.7. The fourth-order valence-electron chi connectivity index (χ4n) is 2.59. The van der Waals surface area contributed by atoms with Gasteiger partial charge in [-0.15, -0.1) is 0 Å². The van der Waals surface area contributed by atoms with Crippen LogP contribution < -0.4 is 10.4 Å². The molecule has 5 heteroatoms. The predicted octanol–water partition coefficient (Wildman–Crippen LogP) is 0.0540. The number of hydrogen-bond donors (Lipinski definition) is 2. The Hall–Kier alpha value is -1.33. The predicted molar refractivity (Wildman–Crippen MR) is 67.2 cm³/mol. The summed E-state index contributed by atoms with van der Waals surface area (Å²) < 4.78 is 0. The van der Waals surface area contributed by atoms with E-state index in [9.17, 15) is 4.79 Å². The second-order valence-corrected chi connectivity index (χ2v) is 5.11. The first-order chi connectivity index (χ1) is 7.83. The fourth-order valence-corrected chi connectivity index (χ4v) is 2.59. The molecular weight excluding hydrogens is 217 g/mol. The summed E-state index contributed by atoms with van der Waals surface area (Å²) in [4.78, 5) is 13.4. The third kappa shape index (κ3) is 1.96. The van der Waals surface area contributed by atoms with Gasteiger partial charge in [0.1, 0.15) is 0 Å². The molecule has 0 bridgehead atoms. The summed E-state index contributed by atoms with van der Waals surface area (Å²) in [5.74, 6) is 0.00560. The van der Waals surface area contributed by atoms with Gasteiger partial charge < -0.3 is 14.9 Å². The summed E-state index contributed by atoms with van der Waals surface area (Å²) in [7, 11) is -1.46. The maximum atomic E-state index is 11.7. The standard InChI is InChI=1S/C12H16BNO3/c1-8(15)14-11-5-4-10(13(16)17)6-9(11)7-12(14,2)3/h4-6,16-17H,7H2,1-3H3. The summed E-state index contributed by atoms with van der Waals surface area (Å²) in [6.07, 6.45) is 0.725. The van der Waals surface area contributed by atoms with Crippen LogP contribution in [0.5, 0.6) is 0 Å². The quantitative estimate of drug-likeness (QED) is 0.674. The van der Waals surface area contributed by atoms with Crippen molar-refractivity contribution in [2.45, 2.75) is 32.7 Å². The highest BCUT2D eigenvalue weighted by Gasteiger charge is 2.38. The van der Waals surface area contributed by atoms with Crippen LogP contribution in [-0.4, -0.2) is 28.6 Å². The molecule has 1 aromatic rings. The molecule has 0 radical (unpaired) electrons. The Morgan fingerprint density at radius 3 is 2.59 bits per heavy atom. The molecule has 2 rings (SSSR count). The Morgan fingerprint density at radius 1 is 1.41 bits per heavy atom. The molecule has 0 fully saturated rings. The summed E-state index contributed by atoms with van der Waals surface area (Å²) in [6, 6.07) is 5.17. The van der Waals surface area contributed by atoms with E-state index in [1.807, 2.05) is 13.8 Å². The van der Waals surface area contributed by atoms with Crippen LogP contribution in [0.25, 0.3) is 0 Å². The van der Waals surface area contributed by atoms with Crippen molar-refractivity contribution in [3.8, 4) is 0 Å². The van der Waals surface area contributed by atoms with Gasteiger partial charge in [0.25, 0.3) is 0 Å². The van der Waals surface area contributed by atoms with Crippen LogP contribution in [0, 0.1) is 0 Å². The number of amides is 1. The average Bonchev–Trinajstić information content (AvgIpc) is 2.45. The third-order valence-electron chi connectivity index (χ3n) is 3.19. The zero-order valence-electron chi connectivity index (χ0n) is 10.3. The molecule has 2 N–H and O–H groups in total. The number of benzene rings is 1. The lowest BCUT2D eigenvalue weighted by atomic mass is 9.79. The van der Waals surface area contributed by atoms with Gasteiger partial charge in [-0.2, -0.15) is 0 Å². The minimum Gasteiger partial charge on any atom is -0.423 e. The number of fused-ring (bicyclic) bond motifs is 1. The zero-order chi connectivity index (χ0) is 12.8. The van der Waals surface area contributed by atoms with Gasteiger partial charge in [-0.3, -0.25) is 4.79 Å². The van der Waals surface area contributed by atoms with Gasteiger partial charge in [0.05, 0.1) is 0 Å². The molecule has 90 valence electrons. The van der Waals surface area contributed by atoms with E-state index < -0.39 is 7.12 Å². The van der Waals surface area contributed by atoms with E-state index in [-0.39, 0.29) is 11.4 Å². The highest BCUT2D eigenvalue weighted by molar-refractivity contribution is 6.58. The Labute approximate surface area is 101 Å². The highest BCUT2D eigenvalue weighted by atomic mass is 16.4. The summed E-state index contributed by atoms with van der Waals surface area (Å²) in [6.45, 7) is 5.55. The highest BCUT2D eigenvalue weighted by Crippen LogP contribution is 2.37. The van der Waals surface area contributed by atoms with Crippen LogP contribution in [0.3, 0.4) is 0 Å². The monoisotopic (exact) mass is 233 g/mol.